The van der Waals surface area contributed by atoms with Crippen LogP contribution in [0.1, 0.15) is 38.5 Å². The average Bonchev–Trinajstić information content (AvgIpc) is 2.30. The van der Waals surface area contributed by atoms with E-state index >= 15 is 0 Å². The van der Waals surface area contributed by atoms with E-state index < -0.39 is 0 Å². The van der Waals surface area contributed by atoms with Crippen LogP contribution in [0.3, 0.4) is 0 Å². The fourth-order valence-electron chi connectivity index (χ4n) is 2.67. The third-order valence-corrected chi connectivity index (χ3v) is 3.90. The summed E-state index contributed by atoms with van der Waals surface area (Å²) in [5.41, 5.74) is 0. The second-order valence-electron chi connectivity index (χ2n) is 4.17. The molecule has 68 valence electrons. The zero-order valence-corrected chi connectivity index (χ0v) is 8.57. The van der Waals surface area contributed by atoms with Gasteiger partial charge in [-0.25, -0.2) is 0 Å². The summed E-state index contributed by atoms with van der Waals surface area (Å²) in [4.78, 5) is 3.55. The maximum absolute atomic E-state index is 5.33. The van der Waals surface area contributed by atoms with Crippen molar-refractivity contribution in [2.75, 3.05) is 7.05 Å². The molecule has 1 saturated heterocycles. The topological polar surface area (TPSA) is 3.24 Å². The molecular weight excluding hydrogens is 166 g/mol. The lowest BCUT2D eigenvalue weighted by molar-refractivity contribution is 0.301. The Morgan fingerprint density at radius 1 is 1.25 bits per heavy atom. The molecule has 0 aromatic rings. The smallest absolute Gasteiger partial charge is 0.0782 e. The van der Waals surface area contributed by atoms with Gasteiger partial charge in [-0.3, -0.25) is 0 Å². The molecule has 0 N–H and O–H groups in total. The molecule has 0 amide bonds. The molecule has 2 fully saturated rings. The first-order valence-electron chi connectivity index (χ1n) is 5.04. The van der Waals surface area contributed by atoms with Crippen LogP contribution < -0.4 is 0 Å². The van der Waals surface area contributed by atoms with Crippen molar-refractivity contribution in [2.24, 2.45) is 5.92 Å². The number of fused-ring (bicyclic) bond motifs is 1. The molecule has 0 bridgehead atoms. The van der Waals surface area contributed by atoms with Crippen LogP contribution in [0, 0.1) is 5.92 Å². The predicted octanol–water partition coefficient (Wildman–Crippen LogP) is 2.60. The first kappa shape index (κ1) is 8.49. The summed E-state index contributed by atoms with van der Waals surface area (Å²) in [5.74, 6) is 0.894. The fourth-order valence-corrected chi connectivity index (χ4v) is 3.02. The third-order valence-electron chi connectivity index (χ3n) is 3.45. The first-order chi connectivity index (χ1) is 5.79. The normalized spacial score (nSPS) is 36.4. The SMILES string of the molecule is CN1C(=S)CC2CCCCCC21. The van der Waals surface area contributed by atoms with Gasteiger partial charge < -0.3 is 4.90 Å². The molecule has 0 aromatic carbocycles. The summed E-state index contributed by atoms with van der Waals surface area (Å²) in [6.07, 6.45) is 8.26. The molecule has 2 heteroatoms. The van der Waals surface area contributed by atoms with Gasteiger partial charge in [-0.15, -0.1) is 0 Å². The largest absolute Gasteiger partial charge is 0.366 e. The van der Waals surface area contributed by atoms with E-state index in [1.165, 1.54) is 43.5 Å². The highest BCUT2D eigenvalue weighted by atomic mass is 32.1. The molecule has 1 aliphatic heterocycles. The molecule has 12 heavy (non-hydrogen) atoms. The number of hydrogen-bond acceptors (Lipinski definition) is 1. The molecule has 1 nitrogen and oxygen atoms in total. The van der Waals surface area contributed by atoms with Crippen LogP contribution in [0.2, 0.25) is 0 Å². The minimum Gasteiger partial charge on any atom is -0.366 e. The van der Waals surface area contributed by atoms with Crippen LogP contribution >= 0.6 is 12.2 Å². The Hall–Kier alpha value is -0.110. The first-order valence-corrected chi connectivity index (χ1v) is 5.45. The second-order valence-corrected chi connectivity index (χ2v) is 4.65. The molecule has 1 heterocycles. The highest BCUT2D eigenvalue weighted by Gasteiger charge is 2.34. The minimum absolute atomic E-state index is 0.792. The zero-order chi connectivity index (χ0) is 8.55. The van der Waals surface area contributed by atoms with Gasteiger partial charge in [0.15, 0.2) is 0 Å². The van der Waals surface area contributed by atoms with Gasteiger partial charge in [0.25, 0.3) is 0 Å². The van der Waals surface area contributed by atoms with Crippen molar-refractivity contribution in [1.29, 1.82) is 0 Å². The van der Waals surface area contributed by atoms with E-state index in [2.05, 4.69) is 11.9 Å². The standard InChI is InChI=1S/C10H17NS/c1-11-9-6-4-2-3-5-8(9)7-10(11)12/h8-9H,2-7H2,1H3. The summed E-state index contributed by atoms with van der Waals surface area (Å²) >= 11 is 5.33. The van der Waals surface area contributed by atoms with Crippen LogP contribution in [0.5, 0.6) is 0 Å². The molecule has 1 saturated carbocycles. The predicted molar refractivity (Wildman–Crippen MR) is 55.3 cm³/mol. The van der Waals surface area contributed by atoms with Crippen molar-refractivity contribution in [2.45, 2.75) is 44.6 Å². The molecule has 2 aliphatic rings. The van der Waals surface area contributed by atoms with E-state index in [9.17, 15) is 0 Å². The van der Waals surface area contributed by atoms with Crippen LogP contribution in [0.25, 0.3) is 0 Å². The lowest BCUT2D eigenvalue weighted by Gasteiger charge is -2.23. The van der Waals surface area contributed by atoms with Crippen LogP contribution in [-0.2, 0) is 0 Å². The van der Waals surface area contributed by atoms with Crippen LogP contribution in [0.15, 0.2) is 0 Å². The van der Waals surface area contributed by atoms with Gasteiger partial charge in [0, 0.05) is 19.5 Å². The summed E-state index contributed by atoms with van der Waals surface area (Å²) in [7, 11) is 2.18. The molecule has 0 aromatic heterocycles. The Morgan fingerprint density at radius 2 is 2.00 bits per heavy atom. The Balaban J connectivity index is 2.09. The van der Waals surface area contributed by atoms with Crippen molar-refractivity contribution >= 4 is 17.2 Å². The van der Waals surface area contributed by atoms with Gasteiger partial charge in [-0.05, 0) is 18.8 Å². The van der Waals surface area contributed by atoms with E-state index in [1.807, 2.05) is 0 Å². The Labute approximate surface area is 80.1 Å². The Morgan fingerprint density at radius 3 is 2.83 bits per heavy atom. The molecule has 0 radical (unpaired) electrons. The van der Waals surface area contributed by atoms with Crippen molar-refractivity contribution < 1.29 is 0 Å². The number of rotatable bonds is 0. The number of nitrogens with zero attached hydrogens (tertiary/aromatic N) is 1. The van der Waals surface area contributed by atoms with Crippen LogP contribution in [0.4, 0.5) is 0 Å². The van der Waals surface area contributed by atoms with Gasteiger partial charge in [0.05, 0.1) is 4.99 Å². The van der Waals surface area contributed by atoms with E-state index in [1.54, 1.807) is 0 Å². The number of hydrogen-bond donors (Lipinski definition) is 0. The summed E-state index contributed by atoms with van der Waals surface area (Å²) in [5, 5.41) is 0. The Kier molecular flexibility index (Phi) is 2.35. The molecule has 2 unspecified atom stereocenters. The number of thiocarbonyl (C=S) groups is 1. The quantitative estimate of drug-likeness (QED) is 0.531. The highest BCUT2D eigenvalue weighted by Crippen LogP contribution is 2.35. The monoisotopic (exact) mass is 183 g/mol. The van der Waals surface area contributed by atoms with Crippen molar-refractivity contribution in [3.63, 3.8) is 0 Å². The number of likely N-dealkylation sites (tertiary alicyclic amines) is 1. The van der Waals surface area contributed by atoms with Gasteiger partial charge in [0.1, 0.15) is 0 Å². The summed E-state index contributed by atoms with van der Waals surface area (Å²) < 4.78 is 0. The van der Waals surface area contributed by atoms with Crippen LogP contribution in [-0.4, -0.2) is 23.0 Å². The lowest BCUT2D eigenvalue weighted by Crippen LogP contribution is -2.30. The van der Waals surface area contributed by atoms with Gasteiger partial charge in [-0.1, -0.05) is 31.5 Å². The molecule has 1 aliphatic carbocycles. The van der Waals surface area contributed by atoms with E-state index in [-0.39, 0.29) is 0 Å². The van der Waals surface area contributed by atoms with E-state index in [0.717, 1.165) is 12.0 Å². The van der Waals surface area contributed by atoms with Gasteiger partial charge in [0.2, 0.25) is 0 Å². The van der Waals surface area contributed by atoms with E-state index in [0.29, 0.717) is 0 Å². The van der Waals surface area contributed by atoms with Crippen molar-refractivity contribution in [3.05, 3.63) is 0 Å². The van der Waals surface area contributed by atoms with Crippen molar-refractivity contribution in [3.8, 4) is 0 Å². The fraction of sp³-hybridized carbons (Fsp3) is 0.900. The maximum Gasteiger partial charge on any atom is 0.0782 e. The zero-order valence-electron chi connectivity index (χ0n) is 7.75. The second kappa shape index (κ2) is 3.33. The van der Waals surface area contributed by atoms with Gasteiger partial charge in [-0.2, -0.15) is 0 Å². The highest BCUT2D eigenvalue weighted by molar-refractivity contribution is 7.80. The maximum atomic E-state index is 5.33. The molecule has 2 atom stereocenters. The summed E-state index contributed by atoms with van der Waals surface area (Å²) in [6, 6.07) is 0.792. The minimum atomic E-state index is 0.792. The molecule has 0 spiro atoms. The average molecular weight is 183 g/mol. The van der Waals surface area contributed by atoms with Crippen molar-refractivity contribution in [1.82, 2.24) is 4.90 Å². The molecule has 2 rings (SSSR count). The van der Waals surface area contributed by atoms with E-state index in [4.69, 9.17) is 12.2 Å². The Bertz CT molecular complexity index is 190. The third kappa shape index (κ3) is 1.37. The lowest BCUT2D eigenvalue weighted by atomic mass is 9.96. The van der Waals surface area contributed by atoms with Gasteiger partial charge >= 0.3 is 0 Å². The summed E-state index contributed by atoms with van der Waals surface area (Å²) in [6.45, 7) is 0. The molecular formula is C10H17NS.